The van der Waals surface area contributed by atoms with Crippen molar-refractivity contribution >= 4 is 11.8 Å². The summed E-state index contributed by atoms with van der Waals surface area (Å²) < 4.78 is 7.64. The van der Waals surface area contributed by atoms with E-state index in [4.69, 9.17) is 4.74 Å². The normalized spacial score (nSPS) is 22.4. The molecular weight excluding hydrogens is 418 g/mol. The first-order chi connectivity index (χ1) is 16.2. The fourth-order valence-corrected chi connectivity index (χ4v) is 5.22. The van der Waals surface area contributed by atoms with Crippen LogP contribution in [-0.4, -0.2) is 76.8 Å². The van der Waals surface area contributed by atoms with Crippen LogP contribution >= 0.6 is 0 Å². The molecule has 1 fully saturated rings. The van der Waals surface area contributed by atoms with Gasteiger partial charge in [-0.25, -0.2) is 0 Å². The summed E-state index contributed by atoms with van der Waals surface area (Å²) in [6.07, 6.45) is 6.62. The molecule has 0 radical (unpaired) electrons. The first kappa shape index (κ1) is 21.9. The molecule has 1 aromatic heterocycles. The number of carbonyl (C=O) groups is 2. The zero-order valence-corrected chi connectivity index (χ0v) is 19.2. The van der Waals surface area contributed by atoms with Gasteiger partial charge in [-0.05, 0) is 56.3 Å². The van der Waals surface area contributed by atoms with Crippen LogP contribution in [0.1, 0.15) is 58.6 Å². The Bertz CT molecular complexity index is 1000. The third kappa shape index (κ3) is 5.05. The van der Waals surface area contributed by atoms with Crippen LogP contribution in [0, 0.1) is 0 Å². The molecule has 33 heavy (non-hydrogen) atoms. The van der Waals surface area contributed by atoms with Crippen LogP contribution in [0.25, 0.3) is 0 Å². The Morgan fingerprint density at radius 3 is 2.88 bits per heavy atom. The van der Waals surface area contributed by atoms with Crippen molar-refractivity contribution in [1.82, 2.24) is 24.9 Å². The number of hydrogen-bond donors (Lipinski definition) is 1. The summed E-state index contributed by atoms with van der Waals surface area (Å²) >= 11 is 0. The van der Waals surface area contributed by atoms with Crippen molar-refractivity contribution in [2.75, 3.05) is 39.3 Å². The van der Waals surface area contributed by atoms with Crippen LogP contribution in [0.4, 0.5) is 0 Å². The fraction of sp³-hybridized carbons (Fsp3) is 0.560. The molecule has 1 N–H and O–H groups in total. The van der Waals surface area contributed by atoms with Gasteiger partial charge in [-0.3, -0.25) is 19.2 Å². The lowest BCUT2D eigenvalue weighted by atomic mass is 9.95. The molecule has 2 aromatic rings. The van der Waals surface area contributed by atoms with Crippen LogP contribution in [0.3, 0.4) is 0 Å². The van der Waals surface area contributed by atoms with Crippen LogP contribution in [0.2, 0.25) is 0 Å². The summed E-state index contributed by atoms with van der Waals surface area (Å²) in [7, 11) is 0. The molecule has 2 amide bonds. The van der Waals surface area contributed by atoms with Gasteiger partial charge in [0.1, 0.15) is 11.4 Å². The topological polar surface area (TPSA) is 79.7 Å². The molecule has 3 aliphatic rings. The summed E-state index contributed by atoms with van der Waals surface area (Å²) in [5.74, 6) is 0.628. The number of aryl methyl sites for hydroxylation is 1. The number of piperidine rings is 1. The van der Waals surface area contributed by atoms with E-state index in [0.29, 0.717) is 50.2 Å². The predicted octanol–water partition coefficient (Wildman–Crippen LogP) is 2.34. The number of fused-ring (bicyclic) bond motifs is 4. The highest BCUT2D eigenvalue weighted by molar-refractivity contribution is 5.98. The second-order valence-electron chi connectivity index (χ2n) is 9.26. The number of ether oxygens (including phenoxy) is 1. The molecule has 3 aliphatic heterocycles. The standard InChI is InChI=1S/C25H33N5O3/c31-24-23-18-22(27-30(23)13-10-26-24)25(32)29-12-4-16-33-21-7-3-5-19(17-21)8-9-20-6-1-2-11-28(20)14-15-29/h3,5,7,17-18,20H,1-2,4,6,8-16H2,(H,26,31). The van der Waals surface area contributed by atoms with E-state index in [0.717, 1.165) is 38.1 Å². The Morgan fingerprint density at radius 1 is 1.03 bits per heavy atom. The van der Waals surface area contributed by atoms with Gasteiger partial charge in [-0.15, -0.1) is 0 Å². The summed E-state index contributed by atoms with van der Waals surface area (Å²) in [6.45, 7) is 4.92. The van der Waals surface area contributed by atoms with Gasteiger partial charge in [0, 0.05) is 38.3 Å². The fourth-order valence-electron chi connectivity index (χ4n) is 5.22. The van der Waals surface area contributed by atoms with E-state index in [9.17, 15) is 9.59 Å². The first-order valence-corrected chi connectivity index (χ1v) is 12.3. The Hall–Kier alpha value is -2.87. The Kier molecular flexibility index (Phi) is 6.62. The highest BCUT2D eigenvalue weighted by Gasteiger charge is 2.27. The first-order valence-electron chi connectivity index (χ1n) is 12.3. The average Bonchev–Trinajstić information content (AvgIpc) is 3.28. The molecule has 1 unspecified atom stereocenters. The number of nitrogens with zero attached hydrogens (tertiary/aromatic N) is 4. The number of nitrogens with one attached hydrogen (secondary N) is 1. The summed E-state index contributed by atoms with van der Waals surface area (Å²) in [5, 5.41) is 7.26. The minimum Gasteiger partial charge on any atom is -0.494 e. The number of hydrogen-bond acceptors (Lipinski definition) is 5. The van der Waals surface area contributed by atoms with Gasteiger partial charge < -0.3 is 15.0 Å². The third-order valence-electron chi connectivity index (χ3n) is 7.04. The number of carbonyl (C=O) groups excluding carboxylic acids is 2. The predicted molar refractivity (Wildman–Crippen MR) is 125 cm³/mol. The van der Waals surface area contributed by atoms with E-state index in [1.54, 1.807) is 10.7 Å². The smallest absolute Gasteiger partial charge is 0.274 e. The monoisotopic (exact) mass is 451 g/mol. The van der Waals surface area contributed by atoms with E-state index in [1.165, 1.54) is 24.8 Å². The van der Waals surface area contributed by atoms with Crippen molar-refractivity contribution in [3.63, 3.8) is 0 Å². The zero-order valence-electron chi connectivity index (χ0n) is 19.2. The van der Waals surface area contributed by atoms with Crippen molar-refractivity contribution < 1.29 is 14.3 Å². The van der Waals surface area contributed by atoms with E-state index < -0.39 is 0 Å². The van der Waals surface area contributed by atoms with Crippen LogP contribution in [0.15, 0.2) is 30.3 Å². The Labute approximate surface area is 194 Å². The minimum atomic E-state index is -0.166. The number of aromatic nitrogens is 2. The molecule has 5 rings (SSSR count). The highest BCUT2D eigenvalue weighted by atomic mass is 16.5. The number of rotatable bonds is 1. The molecule has 1 aromatic carbocycles. The van der Waals surface area contributed by atoms with E-state index in [2.05, 4.69) is 33.5 Å². The maximum atomic E-state index is 13.4. The zero-order chi connectivity index (χ0) is 22.6. The molecule has 0 spiro atoms. The van der Waals surface area contributed by atoms with Crippen LogP contribution in [-0.2, 0) is 13.0 Å². The molecule has 0 aliphatic carbocycles. The molecule has 1 saturated heterocycles. The summed E-state index contributed by atoms with van der Waals surface area (Å²) in [6, 6.07) is 10.6. The van der Waals surface area contributed by atoms with Crippen molar-refractivity contribution in [1.29, 1.82) is 0 Å². The lowest BCUT2D eigenvalue weighted by Gasteiger charge is -2.37. The molecule has 4 heterocycles. The van der Waals surface area contributed by atoms with Gasteiger partial charge in [-0.1, -0.05) is 18.6 Å². The maximum absolute atomic E-state index is 13.4. The van der Waals surface area contributed by atoms with Crippen LogP contribution < -0.4 is 10.1 Å². The second kappa shape index (κ2) is 9.95. The minimum absolute atomic E-state index is 0.104. The van der Waals surface area contributed by atoms with E-state index >= 15 is 0 Å². The van der Waals surface area contributed by atoms with E-state index in [-0.39, 0.29) is 11.8 Å². The van der Waals surface area contributed by atoms with Gasteiger partial charge in [0.05, 0.1) is 13.2 Å². The Balaban J connectivity index is 1.34. The van der Waals surface area contributed by atoms with Crippen molar-refractivity contribution in [3.05, 3.63) is 47.3 Å². The molecule has 8 heteroatoms. The number of amides is 2. The lowest BCUT2D eigenvalue weighted by molar-refractivity contribution is 0.0676. The quantitative estimate of drug-likeness (QED) is 0.720. The maximum Gasteiger partial charge on any atom is 0.274 e. The third-order valence-corrected chi connectivity index (χ3v) is 7.04. The van der Waals surface area contributed by atoms with Crippen molar-refractivity contribution in [2.24, 2.45) is 0 Å². The van der Waals surface area contributed by atoms with Gasteiger partial charge in [-0.2, -0.15) is 5.10 Å². The largest absolute Gasteiger partial charge is 0.494 e. The number of benzene rings is 1. The molecule has 8 nitrogen and oxygen atoms in total. The summed E-state index contributed by atoms with van der Waals surface area (Å²) in [4.78, 5) is 30.0. The average molecular weight is 452 g/mol. The molecule has 0 saturated carbocycles. The van der Waals surface area contributed by atoms with Crippen molar-refractivity contribution in [3.8, 4) is 5.75 Å². The molecule has 1 atom stereocenters. The SMILES string of the molecule is O=C1NCCn2nc(C(=O)N3CCCOc4cccc(c4)CCC4CCCCN4CC3)cc21. The second-order valence-corrected chi connectivity index (χ2v) is 9.26. The lowest BCUT2D eigenvalue weighted by Crippen LogP contribution is -2.45. The molecule has 2 bridgehead atoms. The van der Waals surface area contributed by atoms with Gasteiger partial charge in [0.25, 0.3) is 11.8 Å². The molecule has 176 valence electrons. The van der Waals surface area contributed by atoms with Crippen molar-refractivity contribution in [2.45, 2.75) is 51.1 Å². The van der Waals surface area contributed by atoms with Gasteiger partial charge in [0.2, 0.25) is 0 Å². The Morgan fingerprint density at radius 2 is 1.97 bits per heavy atom. The van der Waals surface area contributed by atoms with Gasteiger partial charge in [0.15, 0.2) is 5.69 Å². The highest BCUT2D eigenvalue weighted by Crippen LogP contribution is 2.23. The van der Waals surface area contributed by atoms with Gasteiger partial charge >= 0.3 is 0 Å². The molecular formula is C25H33N5O3. The van der Waals surface area contributed by atoms with E-state index in [1.807, 2.05) is 11.0 Å². The summed E-state index contributed by atoms with van der Waals surface area (Å²) in [5.41, 5.74) is 2.15. The van der Waals surface area contributed by atoms with Crippen LogP contribution in [0.5, 0.6) is 5.75 Å².